The average Bonchev–Trinajstić information content (AvgIpc) is 2.65. The first-order valence-electron chi connectivity index (χ1n) is 10.9. The van der Waals surface area contributed by atoms with Crippen LogP contribution in [0.3, 0.4) is 0 Å². The van der Waals surface area contributed by atoms with Crippen LogP contribution in [0.15, 0.2) is 10.2 Å². The smallest absolute Gasteiger partial charge is 0.201 e. The molecule has 1 saturated heterocycles. The van der Waals surface area contributed by atoms with Gasteiger partial charge in [0.05, 0.1) is 6.10 Å². The van der Waals surface area contributed by atoms with E-state index in [0.717, 1.165) is 38.7 Å². The van der Waals surface area contributed by atoms with Crippen LogP contribution in [0.2, 0.25) is 16.6 Å². The second-order valence-electron chi connectivity index (χ2n) is 9.23. The van der Waals surface area contributed by atoms with Gasteiger partial charge in [0.2, 0.25) is 5.79 Å². The van der Waals surface area contributed by atoms with Crippen LogP contribution in [0.5, 0.6) is 0 Å². The summed E-state index contributed by atoms with van der Waals surface area (Å²) in [7, 11) is -0.122. The molecule has 166 valence electrons. The Bertz CT molecular complexity index is 438. The normalized spacial score (nSPS) is 25.4. The summed E-state index contributed by atoms with van der Waals surface area (Å²) >= 11 is 2.25. The zero-order valence-electron chi connectivity index (χ0n) is 19.3. The van der Waals surface area contributed by atoms with E-state index in [1.54, 1.807) is 7.11 Å². The van der Waals surface area contributed by atoms with E-state index in [2.05, 4.69) is 81.2 Å². The molecule has 28 heavy (non-hydrogen) atoms. The monoisotopic (exact) mass is 526 g/mol. The van der Waals surface area contributed by atoms with Gasteiger partial charge >= 0.3 is 0 Å². The minimum Gasteiger partial charge on any atom is -0.416 e. The van der Waals surface area contributed by atoms with Crippen molar-refractivity contribution in [2.75, 3.05) is 13.7 Å². The standard InChI is InChI=1S/C22H43IO4Si/c1-17(2)28(18(3)4,19(5)6)25-16-20(7)21-12-14-22(24-8,27-26-21)13-10-9-11-15-23/h11,15,17-21H,9-10,12-14,16H2,1-8H3/b15-11+/t20-,21-,22+/m0/s1. The van der Waals surface area contributed by atoms with Gasteiger partial charge in [-0.3, -0.25) is 0 Å². The highest BCUT2D eigenvalue weighted by Gasteiger charge is 2.46. The van der Waals surface area contributed by atoms with Crippen LogP contribution in [0, 0.1) is 5.92 Å². The van der Waals surface area contributed by atoms with E-state index in [-0.39, 0.29) is 6.10 Å². The molecule has 1 fully saturated rings. The number of allylic oxidation sites excluding steroid dienone is 1. The number of halogens is 1. The lowest BCUT2D eigenvalue weighted by atomic mass is 9.95. The number of rotatable bonds is 12. The third kappa shape index (κ3) is 6.77. The first-order valence-corrected chi connectivity index (χ1v) is 14.3. The molecule has 0 saturated carbocycles. The van der Waals surface area contributed by atoms with E-state index in [4.69, 9.17) is 18.9 Å². The minimum atomic E-state index is -1.84. The fraction of sp³-hybridized carbons (Fsp3) is 0.909. The second-order valence-corrected chi connectivity index (χ2v) is 15.4. The van der Waals surface area contributed by atoms with Crippen molar-refractivity contribution in [3.05, 3.63) is 10.2 Å². The lowest BCUT2D eigenvalue weighted by Crippen LogP contribution is -2.50. The maximum atomic E-state index is 6.76. The molecule has 0 amide bonds. The van der Waals surface area contributed by atoms with E-state index >= 15 is 0 Å². The second kappa shape index (κ2) is 12.4. The van der Waals surface area contributed by atoms with E-state index in [9.17, 15) is 0 Å². The first kappa shape index (κ1) is 26.6. The Morgan fingerprint density at radius 2 is 1.71 bits per heavy atom. The molecular formula is C22H43IO4Si. The molecule has 0 aromatic carbocycles. The summed E-state index contributed by atoms with van der Waals surface area (Å²) < 4.78 is 14.5. The molecular weight excluding hydrogens is 483 g/mol. The molecule has 0 bridgehead atoms. The van der Waals surface area contributed by atoms with Crippen LogP contribution in [0.1, 0.15) is 80.6 Å². The Labute approximate surface area is 188 Å². The van der Waals surface area contributed by atoms with Crippen molar-refractivity contribution in [1.29, 1.82) is 0 Å². The van der Waals surface area contributed by atoms with E-state index in [1.807, 2.05) is 0 Å². The Morgan fingerprint density at radius 1 is 1.11 bits per heavy atom. The van der Waals surface area contributed by atoms with Crippen molar-refractivity contribution in [3.63, 3.8) is 0 Å². The van der Waals surface area contributed by atoms with Crippen molar-refractivity contribution >= 4 is 30.9 Å². The number of methoxy groups -OCH3 is 1. The Kier molecular flexibility index (Phi) is 11.8. The van der Waals surface area contributed by atoms with Gasteiger partial charge in [-0.25, -0.2) is 9.78 Å². The van der Waals surface area contributed by atoms with Gasteiger partial charge in [0.15, 0.2) is 8.32 Å². The fourth-order valence-corrected chi connectivity index (χ4v) is 10.7. The predicted molar refractivity (Wildman–Crippen MR) is 128 cm³/mol. The van der Waals surface area contributed by atoms with E-state index in [1.165, 1.54) is 0 Å². The summed E-state index contributed by atoms with van der Waals surface area (Å²) in [6, 6.07) is 0. The lowest BCUT2D eigenvalue weighted by Gasteiger charge is -2.44. The van der Waals surface area contributed by atoms with Crippen molar-refractivity contribution in [3.8, 4) is 0 Å². The van der Waals surface area contributed by atoms with Crippen LogP contribution in [-0.4, -0.2) is 33.9 Å². The van der Waals surface area contributed by atoms with Gasteiger partial charge in [-0.1, -0.05) is 77.1 Å². The van der Waals surface area contributed by atoms with Gasteiger partial charge in [0, 0.05) is 32.5 Å². The Hall–Kier alpha value is 0.527. The van der Waals surface area contributed by atoms with Crippen LogP contribution >= 0.6 is 22.6 Å². The average molecular weight is 527 g/mol. The Balaban J connectivity index is 2.62. The number of ether oxygens (including phenoxy) is 1. The zero-order chi connectivity index (χ0) is 21.4. The van der Waals surface area contributed by atoms with Gasteiger partial charge in [-0.15, -0.1) is 0 Å². The first-order chi connectivity index (χ1) is 13.1. The highest BCUT2D eigenvalue weighted by atomic mass is 127. The largest absolute Gasteiger partial charge is 0.416 e. The maximum absolute atomic E-state index is 6.76. The maximum Gasteiger partial charge on any atom is 0.201 e. The third-order valence-corrected chi connectivity index (χ3v) is 13.1. The quantitative estimate of drug-likeness (QED) is 0.115. The summed E-state index contributed by atoms with van der Waals surface area (Å²) in [5.41, 5.74) is 1.79. The molecule has 0 radical (unpaired) electrons. The van der Waals surface area contributed by atoms with Gasteiger partial charge in [-0.2, -0.15) is 0 Å². The van der Waals surface area contributed by atoms with Crippen molar-refractivity contribution < 1.29 is 18.9 Å². The summed E-state index contributed by atoms with van der Waals surface area (Å²) in [4.78, 5) is 11.7. The molecule has 1 heterocycles. The summed E-state index contributed by atoms with van der Waals surface area (Å²) in [5.74, 6) is -0.289. The third-order valence-electron chi connectivity index (χ3n) is 6.46. The Morgan fingerprint density at radius 3 is 2.14 bits per heavy atom. The fourth-order valence-electron chi connectivity index (χ4n) is 4.82. The minimum absolute atomic E-state index is 0.0655. The van der Waals surface area contributed by atoms with Gasteiger partial charge in [0.1, 0.15) is 0 Å². The number of unbranched alkanes of at least 4 members (excludes halogenated alkanes) is 1. The molecule has 0 aliphatic carbocycles. The zero-order valence-corrected chi connectivity index (χ0v) is 22.5. The highest BCUT2D eigenvalue weighted by molar-refractivity contribution is 14.1. The van der Waals surface area contributed by atoms with Crippen molar-refractivity contribution in [2.45, 2.75) is 109 Å². The molecule has 4 nitrogen and oxygen atoms in total. The molecule has 0 aromatic heterocycles. The molecule has 1 aliphatic heterocycles. The van der Waals surface area contributed by atoms with Crippen molar-refractivity contribution in [2.24, 2.45) is 5.92 Å². The van der Waals surface area contributed by atoms with Crippen LogP contribution in [0.25, 0.3) is 0 Å². The molecule has 0 aromatic rings. The van der Waals surface area contributed by atoms with Crippen molar-refractivity contribution in [1.82, 2.24) is 0 Å². The van der Waals surface area contributed by atoms with Gasteiger partial charge in [-0.05, 0) is 40.0 Å². The van der Waals surface area contributed by atoms with Crippen LogP contribution in [0.4, 0.5) is 0 Å². The van der Waals surface area contributed by atoms with Gasteiger partial charge in [0.25, 0.3) is 0 Å². The summed E-state index contributed by atoms with van der Waals surface area (Å²) in [6.07, 6.45) is 6.97. The topological polar surface area (TPSA) is 36.9 Å². The molecule has 3 atom stereocenters. The summed E-state index contributed by atoms with van der Waals surface area (Å²) in [5, 5.41) is 0. The molecule has 0 spiro atoms. The van der Waals surface area contributed by atoms with E-state index < -0.39 is 14.1 Å². The number of hydrogen-bond acceptors (Lipinski definition) is 4. The predicted octanol–water partition coefficient (Wildman–Crippen LogP) is 7.39. The summed E-state index contributed by atoms with van der Waals surface area (Å²) in [6.45, 7) is 17.0. The molecule has 1 aliphatic rings. The molecule has 6 heteroatoms. The van der Waals surface area contributed by atoms with E-state index in [0.29, 0.717) is 22.5 Å². The van der Waals surface area contributed by atoms with Crippen LogP contribution < -0.4 is 0 Å². The SMILES string of the molecule is CO[C@@]1(CCC/C=C/I)CC[C@@H]([C@@H](C)CO[Si](C(C)C)(C(C)C)C(C)C)OO1. The number of hydrogen-bond donors (Lipinski definition) is 0. The lowest BCUT2D eigenvalue weighted by molar-refractivity contribution is -0.471. The highest BCUT2D eigenvalue weighted by Crippen LogP contribution is 2.43. The molecule has 0 unspecified atom stereocenters. The molecule has 1 rings (SSSR count). The van der Waals surface area contributed by atoms with Crippen LogP contribution in [-0.2, 0) is 18.9 Å². The van der Waals surface area contributed by atoms with Gasteiger partial charge < -0.3 is 9.16 Å². The molecule has 0 N–H and O–H groups in total.